The van der Waals surface area contributed by atoms with Gasteiger partial charge >= 0.3 is 0 Å². The van der Waals surface area contributed by atoms with E-state index in [9.17, 15) is 0 Å². The van der Waals surface area contributed by atoms with Crippen LogP contribution in [0.15, 0.2) is 170 Å². The smallest absolute Gasteiger partial charge is 0.141 e. The van der Waals surface area contributed by atoms with Gasteiger partial charge in [-0.25, -0.2) is 4.98 Å². The lowest BCUT2D eigenvalue weighted by molar-refractivity contribution is 0.660. The second kappa shape index (κ2) is 12.5. The van der Waals surface area contributed by atoms with Crippen LogP contribution >= 0.6 is 0 Å². The van der Waals surface area contributed by atoms with Gasteiger partial charge in [-0.15, -0.1) is 0 Å². The van der Waals surface area contributed by atoms with Gasteiger partial charge in [0.2, 0.25) is 0 Å². The zero-order chi connectivity index (χ0) is 35.5. The molecular weight excluding hydrogens is 641 g/mol. The molecule has 0 fully saturated rings. The largest absolute Gasteiger partial charge is 0.319 e. The van der Waals surface area contributed by atoms with Crippen LogP contribution in [0.4, 0.5) is 0 Å². The molecule has 10 rings (SSSR count). The third-order valence-electron chi connectivity index (χ3n) is 11.7. The van der Waals surface area contributed by atoms with E-state index in [1.54, 1.807) is 0 Å². The number of aryl methyl sites for hydroxylation is 2. The Labute approximate surface area is 311 Å². The second-order valence-electron chi connectivity index (χ2n) is 15.0. The minimum absolute atomic E-state index is 0.0499. The van der Waals surface area contributed by atoms with Gasteiger partial charge < -0.3 is 4.57 Å². The highest BCUT2D eigenvalue weighted by Gasteiger charge is 2.35. The van der Waals surface area contributed by atoms with Crippen LogP contribution < -0.4 is 0 Å². The summed E-state index contributed by atoms with van der Waals surface area (Å²) in [5, 5.41) is 5.32. The minimum atomic E-state index is -0.0499. The van der Waals surface area contributed by atoms with E-state index >= 15 is 0 Å². The Balaban J connectivity index is 1.06. The number of nitrogens with zero attached hydrogens (tertiary/aromatic N) is 2. The van der Waals surface area contributed by atoms with E-state index in [1.807, 2.05) is 0 Å². The first-order valence-corrected chi connectivity index (χ1v) is 18.8. The highest BCUT2D eigenvalue weighted by atomic mass is 15.1. The third kappa shape index (κ3) is 5.12. The van der Waals surface area contributed by atoms with Crippen LogP contribution in [-0.4, -0.2) is 9.55 Å². The normalized spacial score (nSPS) is 13.1. The number of imidazole rings is 1. The number of hydrogen-bond acceptors (Lipinski definition) is 1. The SMILES string of the molecule is CC1(C)c2ccccc2-c2ccc(-c3c4ccccc4c(CCc4ccccc4Cn4c(-c5ccccc5)nc5ccccc54)c4ccccc34)cc21. The molecule has 0 atom stereocenters. The second-order valence-corrected chi connectivity index (χ2v) is 15.0. The first-order valence-electron chi connectivity index (χ1n) is 18.8. The molecule has 1 aromatic heterocycles. The van der Waals surface area contributed by atoms with Crippen molar-refractivity contribution in [3.8, 4) is 33.6 Å². The topological polar surface area (TPSA) is 17.8 Å². The average Bonchev–Trinajstić information content (AvgIpc) is 3.68. The summed E-state index contributed by atoms with van der Waals surface area (Å²) in [4.78, 5) is 5.10. The molecule has 8 aromatic carbocycles. The highest BCUT2D eigenvalue weighted by molar-refractivity contribution is 6.15. The summed E-state index contributed by atoms with van der Waals surface area (Å²) in [5.74, 6) is 1.01. The first kappa shape index (κ1) is 31.5. The molecule has 254 valence electrons. The summed E-state index contributed by atoms with van der Waals surface area (Å²) in [5.41, 5.74) is 15.6. The maximum absolute atomic E-state index is 5.10. The van der Waals surface area contributed by atoms with Crippen molar-refractivity contribution in [2.45, 2.75) is 38.6 Å². The van der Waals surface area contributed by atoms with E-state index in [1.165, 1.54) is 71.6 Å². The quantitative estimate of drug-likeness (QED) is 0.153. The Hall–Kier alpha value is -6.25. The molecule has 1 aliphatic rings. The van der Waals surface area contributed by atoms with Crippen molar-refractivity contribution in [2.24, 2.45) is 0 Å². The van der Waals surface area contributed by atoms with Gasteiger partial charge in [-0.2, -0.15) is 0 Å². The Morgan fingerprint density at radius 1 is 0.491 bits per heavy atom. The van der Waals surface area contributed by atoms with Crippen molar-refractivity contribution >= 4 is 32.6 Å². The molecule has 9 aromatic rings. The van der Waals surface area contributed by atoms with E-state index in [-0.39, 0.29) is 5.41 Å². The average molecular weight is 681 g/mol. The molecule has 0 N–H and O–H groups in total. The van der Waals surface area contributed by atoms with E-state index in [0.29, 0.717) is 0 Å². The Morgan fingerprint density at radius 2 is 1.09 bits per heavy atom. The lowest BCUT2D eigenvalue weighted by Gasteiger charge is -2.23. The fourth-order valence-corrected chi connectivity index (χ4v) is 9.09. The lowest BCUT2D eigenvalue weighted by atomic mass is 9.80. The van der Waals surface area contributed by atoms with Gasteiger partial charge in [0.1, 0.15) is 5.82 Å². The van der Waals surface area contributed by atoms with E-state index < -0.39 is 0 Å². The van der Waals surface area contributed by atoms with Gasteiger partial charge in [-0.3, -0.25) is 0 Å². The van der Waals surface area contributed by atoms with Crippen molar-refractivity contribution in [3.63, 3.8) is 0 Å². The van der Waals surface area contributed by atoms with Crippen LogP contribution in [0.25, 0.3) is 66.2 Å². The standard InChI is InChI=1S/C51H40N2/c1-51(2)45-25-13-12-22-41(45)42-31-29-36(32-46(42)51)49-43-23-10-8-20-38(43)40(39-21-9-11-24-44(39)49)30-28-34-16-6-7-19-37(34)33-53-48-27-15-14-26-47(48)52-50(53)35-17-4-3-5-18-35/h3-27,29,31-32H,28,30,33H2,1-2H3. The molecule has 53 heavy (non-hydrogen) atoms. The maximum atomic E-state index is 5.10. The van der Waals surface area contributed by atoms with Gasteiger partial charge in [0.15, 0.2) is 0 Å². The van der Waals surface area contributed by atoms with Crippen molar-refractivity contribution in [3.05, 3.63) is 198 Å². The van der Waals surface area contributed by atoms with E-state index in [0.717, 1.165) is 41.8 Å². The van der Waals surface area contributed by atoms with Crippen molar-refractivity contribution in [2.75, 3.05) is 0 Å². The minimum Gasteiger partial charge on any atom is -0.319 e. The van der Waals surface area contributed by atoms with Gasteiger partial charge in [0.25, 0.3) is 0 Å². The van der Waals surface area contributed by atoms with Crippen LogP contribution in [0.5, 0.6) is 0 Å². The molecule has 0 radical (unpaired) electrons. The monoisotopic (exact) mass is 680 g/mol. The molecule has 0 bridgehead atoms. The van der Waals surface area contributed by atoms with Gasteiger partial charge in [0.05, 0.1) is 11.0 Å². The van der Waals surface area contributed by atoms with Crippen LogP contribution in [0.1, 0.15) is 41.7 Å². The molecule has 0 spiro atoms. The summed E-state index contributed by atoms with van der Waals surface area (Å²) in [6.07, 6.45) is 1.89. The van der Waals surface area contributed by atoms with Crippen molar-refractivity contribution in [1.82, 2.24) is 9.55 Å². The van der Waals surface area contributed by atoms with Crippen molar-refractivity contribution < 1.29 is 0 Å². The number of benzene rings is 8. The zero-order valence-corrected chi connectivity index (χ0v) is 30.2. The molecule has 1 heterocycles. The fourth-order valence-electron chi connectivity index (χ4n) is 9.09. The molecule has 0 amide bonds. The molecule has 0 saturated carbocycles. The predicted molar refractivity (Wildman–Crippen MR) is 223 cm³/mol. The summed E-state index contributed by atoms with van der Waals surface area (Å²) >= 11 is 0. The number of para-hydroxylation sites is 2. The summed E-state index contributed by atoms with van der Waals surface area (Å²) in [7, 11) is 0. The first-order chi connectivity index (χ1) is 26.1. The van der Waals surface area contributed by atoms with Gasteiger partial charge in [-0.1, -0.05) is 166 Å². The van der Waals surface area contributed by atoms with E-state index in [2.05, 4.69) is 188 Å². The number of rotatable bonds is 7. The molecule has 1 aliphatic carbocycles. The fraction of sp³-hybridized carbons (Fsp3) is 0.118. The molecule has 0 saturated heterocycles. The van der Waals surface area contributed by atoms with Gasteiger partial charge in [0, 0.05) is 17.5 Å². The van der Waals surface area contributed by atoms with Crippen LogP contribution in [0.3, 0.4) is 0 Å². The Bertz CT molecular complexity index is 2780. The highest BCUT2D eigenvalue weighted by Crippen LogP contribution is 2.50. The molecule has 0 unspecified atom stereocenters. The Morgan fingerprint density at radius 3 is 1.87 bits per heavy atom. The summed E-state index contributed by atoms with van der Waals surface area (Å²) in [6, 6.07) is 62.3. The Kier molecular flexibility index (Phi) is 7.40. The molecule has 2 heteroatoms. The number of hydrogen-bond donors (Lipinski definition) is 0. The van der Waals surface area contributed by atoms with Crippen LogP contribution in [-0.2, 0) is 24.8 Å². The predicted octanol–water partition coefficient (Wildman–Crippen LogP) is 12.8. The van der Waals surface area contributed by atoms with Crippen LogP contribution in [0, 0.1) is 0 Å². The molecule has 0 aliphatic heterocycles. The van der Waals surface area contributed by atoms with Gasteiger partial charge in [-0.05, 0) is 103 Å². The lowest BCUT2D eigenvalue weighted by Crippen LogP contribution is -2.14. The molecular formula is C51H40N2. The summed E-state index contributed by atoms with van der Waals surface area (Å²) < 4.78 is 2.39. The number of fused-ring (bicyclic) bond motifs is 6. The van der Waals surface area contributed by atoms with Crippen LogP contribution in [0.2, 0.25) is 0 Å². The molecule has 2 nitrogen and oxygen atoms in total. The number of aromatic nitrogens is 2. The maximum Gasteiger partial charge on any atom is 0.141 e. The summed E-state index contributed by atoms with van der Waals surface area (Å²) in [6.45, 7) is 5.51. The van der Waals surface area contributed by atoms with E-state index in [4.69, 9.17) is 4.98 Å². The van der Waals surface area contributed by atoms with Crippen molar-refractivity contribution in [1.29, 1.82) is 0 Å². The third-order valence-corrected chi connectivity index (χ3v) is 11.7. The zero-order valence-electron chi connectivity index (χ0n) is 30.2.